The molecule has 2 heterocycles. The minimum Gasteiger partial charge on any atom is -0.380 e. The summed E-state index contributed by atoms with van der Waals surface area (Å²) in [5.41, 5.74) is 0. The van der Waals surface area contributed by atoms with Gasteiger partial charge in [0.05, 0.1) is 11.6 Å². The maximum Gasteiger partial charge on any atom is 0.191 e. The van der Waals surface area contributed by atoms with E-state index in [0.29, 0.717) is 12.6 Å². The highest BCUT2D eigenvalue weighted by Gasteiger charge is 2.20. The van der Waals surface area contributed by atoms with Gasteiger partial charge < -0.3 is 20.3 Å². The van der Waals surface area contributed by atoms with E-state index in [0.717, 1.165) is 45.0 Å². The summed E-state index contributed by atoms with van der Waals surface area (Å²) in [5, 5.41) is 10.3. The van der Waals surface area contributed by atoms with Gasteiger partial charge in [0, 0.05) is 39.3 Å². The van der Waals surface area contributed by atoms with Crippen LogP contribution in [0, 0.1) is 0 Å². The van der Waals surface area contributed by atoms with E-state index in [1.807, 2.05) is 25.3 Å². The van der Waals surface area contributed by atoms with Gasteiger partial charge in [0.15, 0.2) is 5.96 Å². The van der Waals surface area contributed by atoms with Gasteiger partial charge in [0.2, 0.25) is 0 Å². The molecule has 0 spiro atoms. The number of guanidine groups is 1. The Labute approximate surface area is 154 Å². The largest absolute Gasteiger partial charge is 0.380 e. The van der Waals surface area contributed by atoms with Gasteiger partial charge in [-0.3, -0.25) is 4.99 Å². The smallest absolute Gasteiger partial charge is 0.191 e. The minimum absolute atomic E-state index is 0. The van der Waals surface area contributed by atoms with Gasteiger partial charge >= 0.3 is 0 Å². The summed E-state index contributed by atoms with van der Waals surface area (Å²) in [7, 11) is 1.82. The van der Waals surface area contributed by atoms with Crippen molar-refractivity contribution in [3.05, 3.63) is 17.5 Å². The number of nitrogens with zero attached hydrogens (tertiary/aromatic N) is 2. The lowest BCUT2D eigenvalue weighted by Gasteiger charge is -2.33. The molecule has 7 heteroatoms. The van der Waals surface area contributed by atoms with Gasteiger partial charge in [-0.15, -0.1) is 35.3 Å². The lowest BCUT2D eigenvalue weighted by atomic mass is 10.1. The average molecular weight is 438 g/mol. The van der Waals surface area contributed by atoms with Crippen LogP contribution in [0.1, 0.15) is 19.8 Å². The van der Waals surface area contributed by atoms with E-state index in [1.165, 1.54) is 5.00 Å². The van der Waals surface area contributed by atoms with Gasteiger partial charge in [0.25, 0.3) is 0 Å². The first kappa shape index (κ1) is 19.5. The van der Waals surface area contributed by atoms with Crippen LogP contribution in [0.4, 0.5) is 5.00 Å². The number of hydrogen-bond acceptors (Lipinski definition) is 4. The van der Waals surface area contributed by atoms with Crippen molar-refractivity contribution in [1.82, 2.24) is 10.6 Å². The average Bonchev–Trinajstić information content (AvgIpc) is 3.05. The molecule has 2 N–H and O–H groups in total. The summed E-state index contributed by atoms with van der Waals surface area (Å²) >= 11 is 1.82. The zero-order valence-electron chi connectivity index (χ0n) is 13.4. The van der Waals surface area contributed by atoms with Crippen molar-refractivity contribution in [3.8, 4) is 0 Å². The molecule has 0 aliphatic carbocycles. The second-order valence-electron chi connectivity index (χ2n) is 5.05. The van der Waals surface area contributed by atoms with E-state index in [1.54, 1.807) is 0 Å². The number of thiophene rings is 1. The monoisotopic (exact) mass is 438 g/mol. The van der Waals surface area contributed by atoms with E-state index in [2.05, 4.69) is 38.0 Å². The van der Waals surface area contributed by atoms with Crippen molar-refractivity contribution < 1.29 is 4.74 Å². The van der Waals surface area contributed by atoms with Crippen LogP contribution < -0.4 is 15.5 Å². The molecular formula is C15H27IN4OS. The number of anilines is 1. The molecule has 1 aliphatic heterocycles. The molecule has 5 nitrogen and oxygen atoms in total. The third-order valence-electron chi connectivity index (χ3n) is 3.62. The molecule has 0 aromatic carbocycles. The first-order valence-electron chi connectivity index (χ1n) is 7.67. The number of rotatable bonds is 6. The SMILES string of the molecule is CCOCCNC(=NC)NC1CCN(c2cccs2)CC1.I. The molecule has 1 fully saturated rings. The number of nitrogens with one attached hydrogen (secondary N) is 2. The van der Waals surface area contributed by atoms with Crippen LogP contribution in [-0.2, 0) is 4.74 Å². The minimum atomic E-state index is 0. The summed E-state index contributed by atoms with van der Waals surface area (Å²) in [6, 6.07) is 4.82. The van der Waals surface area contributed by atoms with Gasteiger partial charge in [-0.05, 0) is 37.3 Å². The predicted molar refractivity (Wildman–Crippen MR) is 106 cm³/mol. The van der Waals surface area contributed by atoms with Crippen molar-refractivity contribution >= 4 is 46.3 Å². The standard InChI is InChI=1S/C15H26N4OS.HI/c1-3-20-11-8-17-15(16-2)18-13-6-9-19(10-7-13)14-5-4-12-21-14;/h4-5,12-13H,3,6-11H2,1-2H3,(H2,16,17,18);1H. The van der Waals surface area contributed by atoms with E-state index >= 15 is 0 Å². The Kier molecular flexibility index (Phi) is 9.81. The van der Waals surface area contributed by atoms with Gasteiger partial charge in [-0.25, -0.2) is 0 Å². The molecule has 22 heavy (non-hydrogen) atoms. The first-order chi connectivity index (χ1) is 10.3. The topological polar surface area (TPSA) is 48.9 Å². The third-order valence-corrected chi connectivity index (χ3v) is 4.55. The molecule has 0 radical (unpaired) electrons. The number of halogens is 1. The highest BCUT2D eigenvalue weighted by atomic mass is 127. The van der Waals surface area contributed by atoms with E-state index in [-0.39, 0.29) is 24.0 Å². The Morgan fingerprint density at radius 1 is 1.45 bits per heavy atom. The Bertz CT molecular complexity index is 419. The molecule has 0 amide bonds. The highest BCUT2D eigenvalue weighted by Crippen LogP contribution is 2.24. The molecule has 126 valence electrons. The van der Waals surface area contributed by atoms with Crippen LogP contribution in [0.3, 0.4) is 0 Å². The third kappa shape index (κ3) is 6.29. The molecular weight excluding hydrogens is 411 g/mol. The van der Waals surface area contributed by atoms with Gasteiger partial charge in [-0.2, -0.15) is 0 Å². The summed E-state index contributed by atoms with van der Waals surface area (Å²) in [5.74, 6) is 0.879. The Hall–Kier alpha value is -0.540. The molecule has 0 saturated carbocycles. The number of piperidine rings is 1. The summed E-state index contributed by atoms with van der Waals surface area (Å²) in [4.78, 5) is 6.74. The van der Waals surface area contributed by atoms with Crippen molar-refractivity contribution in [2.24, 2.45) is 4.99 Å². The van der Waals surface area contributed by atoms with Crippen LogP contribution >= 0.6 is 35.3 Å². The molecule has 0 unspecified atom stereocenters. The van der Waals surface area contributed by atoms with E-state index in [4.69, 9.17) is 4.74 Å². The maximum absolute atomic E-state index is 5.32. The number of aliphatic imine (C=N–C) groups is 1. The molecule has 0 bridgehead atoms. The summed E-state index contributed by atoms with van der Waals surface area (Å²) in [6.45, 7) is 6.49. The van der Waals surface area contributed by atoms with Crippen LogP contribution in [0.15, 0.2) is 22.5 Å². The van der Waals surface area contributed by atoms with Crippen molar-refractivity contribution in [3.63, 3.8) is 0 Å². The summed E-state index contributed by atoms with van der Waals surface area (Å²) in [6.07, 6.45) is 2.29. The zero-order valence-corrected chi connectivity index (χ0v) is 16.5. The Morgan fingerprint density at radius 3 is 2.82 bits per heavy atom. The fourth-order valence-corrected chi connectivity index (χ4v) is 3.25. The lowest BCUT2D eigenvalue weighted by molar-refractivity contribution is 0.152. The van der Waals surface area contributed by atoms with Crippen LogP contribution in [-0.4, -0.2) is 51.9 Å². The molecule has 1 aromatic rings. The van der Waals surface area contributed by atoms with Crippen LogP contribution in [0.5, 0.6) is 0 Å². The maximum atomic E-state index is 5.32. The lowest BCUT2D eigenvalue weighted by Crippen LogP contribution is -2.49. The Morgan fingerprint density at radius 2 is 2.23 bits per heavy atom. The molecule has 1 saturated heterocycles. The van der Waals surface area contributed by atoms with Crippen molar-refractivity contribution in [2.75, 3.05) is 44.8 Å². The molecule has 0 atom stereocenters. The molecule has 2 rings (SSSR count). The second-order valence-corrected chi connectivity index (χ2v) is 5.98. The summed E-state index contributed by atoms with van der Waals surface area (Å²) < 4.78 is 5.32. The van der Waals surface area contributed by atoms with Crippen LogP contribution in [0.2, 0.25) is 0 Å². The van der Waals surface area contributed by atoms with Gasteiger partial charge in [-0.1, -0.05) is 0 Å². The van der Waals surface area contributed by atoms with Crippen molar-refractivity contribution in [1.29, 1.82) is 0 Å². The predicted octanol–water partition coefficient (Wildman–Crippen LogP) is 2.54. The van der Waals surface area contributed by atoms with E-state index < -0.39 is 0 Å². The Balaban J connectivity index is 0.00000242. The second kappa shape index (κ2) is 11.1. The van der Waals surface area contributed by atoms with Crippen molar-refractivity contribution in [2.45, 2.75) is 25.8 Å². The number of hydrogen-bond donors (Lipinski definition) is 2. The van der Waals surface area contributed by atoms with E-state index in [9.17, 15) is 0 Å². The zero-order chi connectivity index (χ0) is 14.9. The quantitative estimate of drug-likeness (QED) is 0.310. The fraction of sp³-hybridized carbons (Fsp3) is 0.667. The number of ether oxygens (including phenoxy) is 1. The molecule has 1 aromatic heterocycles. The van der Waals surface area contributed by atoms with Crippen LogP contribution in [0.25, 0.3) is 0 Å². The van der Waals surface area contributed by atoms with Gasteiger partial charge in [0.1, 0.15) is 0 Å². The first-order valence-corrected chi connectivity index (χ1v) is 8.54. The molecule has 1 aliphatic rings. The highest BCUT2D eigenvalue weighted by molar-refractivity contribution is 14.0. The normalized spacial score (nSPS) is 16.3. The fourth-order valence-electron chi connectivity index (χ4n) is 2.47.